The number of aliphatic carboxylic acids is 1. The molecule has 0 spiro atoms. The predicted molar refractivity (Wildman–Crippen MR) is 104 cm³/mol. The lowest BCUT2D eigenvalue weighted by Crippen LogP contribution is -2.41. The molecule has 27 heavy (non-hydrogen) atoms. The number of carboxylic acids is 1. The first-order valence-electron chi connectivity index (χ1n) is 9.23. The molecular formula is C19H30N2O5S. The van der Waals surface area contributed by atoms with E-state index >= 15 is 0 Å². The van der Waals surface area contributed by atoms with Gasteiger partial charge in [0.1, 0.15) is 6.04 Å². The number of amides is 1. The zero-order valence-corrected chi connectivity index (χ0v) is 17.3. The summed E-state index contributed by atoms with van der Waals surface area (Å²) in [5.41, 5.74) is 0.819. The summed E-state index contributed by atoms with van der Waals surface area (Å²) >= 11 is 0. The average Bonchev–Trinajstić information content (AvgIpc) is 2.60. The normalized spacial score (nSPS) is 13.0. The van der Waals surface area contributed by atoms with Crippen LogP contribution >= 0.6 is 0 Å². The highest BCUT2D eigenvalue weighted by molar-refractivity contribution is 7.89. The monoisotopic (exact) mass is 398 g/mol. The van der Waals surface area contributed by atoms with Gasteiger partial charge in [-0.3, -0.25) is 4.79 Å². The maximum Gasteiger partial charge on any atom is 0.326 e. The Morgan fingerprint density at radius 2 is 1.67 bits per heavy atom. The number of hydrogen-bond acceptors (Lipinski definition) is 4. The maximum absolute atomic E-state index is 12.5. The van der Waals surface area contributed by atoms with Gasteiger partial charge < -0.3 is 10.4 Å². The number of nitrogens with one attached hydrogen (secondary N) is 1. The molecule has 152 valence electrons. The Balaban J connectivity index is 2.68. The van der Waals surface area contributed by atoms with Gasteiger partial charge in [-0.1, -0.05) is 39.8 Å². The van der Waals surface area contributed by atoms with Crippen LogP contribution in [0.4, 0.5) is 0 Å². The molecule has 1 atom stereocenters. The molecule has 0 heterocycles. The van der Waals surface area contributed by atoms with E-state index in [2.05, 4.69) is 5.32 Å². The van der Waals surface area contributed by atoms with Gasteiger partial charge in [0, 0.05) is 19.5 Å². The van der Waals surface area contributed by atoms with Crippen LogP contribution in [0, 0.1) is 5.92 Å². The van der Waals surface area contributed by atoms with E-state index in [1.807, 2.05) is 13.8 Å². The first-order chi connectivity index (χ1) is 12.6. The SMILES string of the molecule is CCN(CC)S(=O)(=O)c1ccc(CCC(=O)N[C@@H](CC(C)C)C(=O)O)cc1. The molecule has 2 N–H and O–H groups in total. The van der Waals surface area contributed by atoms with Crippen molar-refractivity contribution in [2.45, 2.75) is 57.9 Å². The van der Waals surface area contributed by atoms with Crippen LogP contribution in [0.3, 0.4) is 0 Å². The van der Waals surface area contributed by atoms with Crippen molar-refractivity contribution in [3.8, 4) is 0 Å². The van der Waals surface area contributed by atoms with Gasteiger partial charge in [-0.25, -0.2) is 13.2 Å². The van der Waals surface area contributed by atoms with Crippen LogP contribution in [0.15, 0.2) is 29.2 Å². The number of sulfonamides is 1. The molecule has 0 aliphatic carbocycles. The molecule has 7 nitrogen and oxygen atoms in total. The van der Waals surface area contributed by atoms with Crippen molar-refractivity contribution < 1.29 is 23.1 Å². The quantitative estimate of drug-likeness (QED) is 0.595. The lowest BCUT2D eigenvalue weighted by Gasteiger charge is -2.18. The highest BCUT2D eigenvalue weighted by Crippen LogP contribution is 2.17. The standard InChI is InChI=1S/C19H30N2O5S/c1-5-21(6-2)27(25,26)16-10-7-15(8-11-16)9-12-18(22)20-17(19(23)24)13-14(3)4/h7-8,10-11,14,17H,5-6,9,12-13H2,1-4H3,(H,20,22)(H,23,24)/t17-/m0/s1. The largest absolute Gasteiger partial charge is 0.480 e. The van der Waals surface area contributed by atoms with E-state index in [1.54, 1.807) is 38.1 Å². The molecule has 0 saturated heterocycles. The Hall–Kier alpha value is -1.93. The Labute approximate surface area is 161 Å². The molecule has 8 heteroatoms. The summed E-state index contributed by atoms with van der Waals surface area (Å²) in [5, 5.41) is 11.7. The highest BCUT2D eigenvalue weighted by atomic mass is 32.2. The summed E-state index contributed by atoms with van der Waals surface area (Å²) in [7, 11) is -3.50. The number of aryl methyl sites for hydroxylation is 1. The van der Waals surface area contributed by atoms with Gasteiger partial charge >= 0.3 is 5.97 Å². The van der Waals surface area contributed by atoms with Crippen molar-refractivity contribution >= 4 is 21.9 Å². The maximum atomic E-state index is 12.5. The zero-order chi connectivity index (χ0) is 20.6. The van der Waals surface area contributed by atoms with Gasteiger partial charge in [-0.15, -0.1) is 0 Å². The van der Waals surface area contributed by atoms with E-state index in [4.69, 9.17) is 0 Å². The third-order valence-corrected chi connectivity index (χ3v) is 6.31. The number of carboxylic acid groups (broad SMARTS) is 1. The van der Waals surface area contributed by atoms with Crippen molar-refractivity contribution in [1.29, 1.82) is 0 Å². The summed E-state index contributed by atoms with van der Waals surface area (Å²) in [6, 6.07) is 5.57. The number of benzene rings is 1. The molecule has 0 saturated carbocycles. The third kappa shape index (κ3) is 6.95. The van der Waals surface area contributed by atoms with Gasteiger partial charge in [-0.2, -0.15) is 4.31 Å². The molecule has 0 bridgehead atoms. The number of carbonyl (C=O) groups excluding carboxylic acids is 1. The summed E-state index contributed by atoms with van der Waals surface area (Å²) in [6.07, 6.45) is 0.925. The van der Waals surface area contributed by atoms with E-state index in [9.17, 15) is 23.1 Å². The average molecular weight is 399 g/mol. The second kappa shape index (κ2) is 10.4. The Kier molecular flexibility index (Phi) is 8.92. The van der Waals surface area contributed by atoms with Crippen LogP contribution in [0.25, 0.3) is 0 Å². The lowest BCUT2D eigenvalue weighted by atomic mass is 10.0. The van der Waals surface area contributed by atoms with Gasteiger partial charge in [-0.05, 0) is 36.5 Å². The summed E-state index contributed by atoms with van der Waals surface area (Å²) in [4.78, 5) is 23.5. The first-order valence-corrected chi connectivity index (χ1v) is 10.7. The van der Waals surface area contributed by atoms with Crippen LogP contribution in [0.1, 0.15) is 46.1 Å². The lowest BCUT2D eigenvalue weighted by molar-refractivity contribution is -0.142. The molecule has 0 unspecified atom stereocenters. The van der Waals surface area contributed by atoms with Crippen LogP contribution in [0.2, 0.25) is 0 Å². The van der Waals surface area contributed by atoms with Crippen molar-refractivity contribution in [2.24, 2.45) is 5.92 Å². The van der Waals surface area contributed by atoms with Crippen molar-refractivity contribution in [2.75, 3.05) is 13.1 Å². The van der Waals surface area contributed by atoms with Gasteiger partial charge in [0.2, 0.25) is 15.9 Å². The minimum absolute atomic E-state index is 0.143. The van der Waals surface area contributed by atoms with E-state index in [0.717, 1.165) is 5.56 Å². The molecule has 1 rings (SSSR count). The van der Waals surface area contributed by atoms with Gasteiger partial charge in [0.05, 0.1) is 4.90 Å². The summed E-state index contributed by atoms with van der Waals surface area (Å²) in [6.45, 7) is 8.19. The van der Waals surface area contributed by atoms with Crippen molar-refractivity contribution in [3.63, 3.8) is 0 Å². The van der Waals surface area contributed by atoms with E-state index in [0.29, 0.717) is 25.9 Å². The van der Waals surface area contributed by atoms with Crippen LogP contribution < -0.4 is 5.32 Å². The third-order valence-electron chi connectivity index (χ3n) is 4.25. The molecule has 0 fully saturated rings. The molecule has 1 aromatic carbocycles. The number of carbonyl (C=O) groups is 2. The zero-order valence-electron chi connectivity index (χ0n) is 16.4. The van der Waals surface area contributed by atoms with Crippen molar-refractivity contribution in [3.05, 3.63) is 29.8 Å². The molecule has 0 aromatic heterocycles. The fourth-order valence-corrected chi connectivity index (χ4v) is 4.22. The van der Waals surface area contributed by atoms with E-state index in [1.165, 1.54) is 4.31 Å². The molecule has 0 radical (unpaired) electrons. The second-order valence-electron chi connectivity index (χ2n) is 6.82. The first kappa shape index (κ1) is 23.1. The summed E-state index contributed by atoms with van der Waals surface area (Å²) < 4.78 is 26.3. The van der Waals surface area contributed by atoms with Crippen LogP contribution in [-0.4, -0.2) is 48.8 Å². The topological polar surface area (TPSA) is 104 Å². The number of hydrogen-bond donors (Lipinski definition) is 2. The number of rotatable bonds is 11. The number of nitrogens with zero attached hydrogens (tertiary/aromatic N) is 1. The van der Waals surface area contributed by atoms with Crippen molar-refractivity contribution in [1.82, 2.24) is 9.62 Å². The minimum atomic E-state index is -3.50. The van der Waals surface area contributed by atoms with E-state index in [-0.39, 0.29) is 23.1 Å². The second-order valence-corrected chi connectivity index (χ2v) is 8.76. The Bertz CT molecular complexity index is 725. The van der Waals surface area contributed by atoms with Crippen LogP contribution in [-0.2, 0) is 26.0 Å². The van der Waals surface area contributed by atoms with Gasteiger partial charge in [0.25, 0.3) is 0 Å². The molecule has 1 aromatic rings. The highest BCUT2D eigenvalue weighted by Gasteiger charge is 2.22. The predicted octanol–water partition coefficient (Wildman–Crippen LogP) is 2.27. The fourth-order valence-electron chi connectivity index (χ4n) is 2.76. The van der Waals surface area contributed by atoms with Crippen LogP contribution in [0.5, 0.6) is 0 Å². The molecule has 0 aliphatic heterocycles. The summed E-state index contributed by atoms with van der Waals surface area (Å²) in [5.74, 6) is -1.21. The molecule has 1 amide bonds. The van der Waals surface area contributed by atoms with E-state index < -0.39 is 22.0 Å². The fraction of sp³-hybridized carbons (Fsp3) is 0.579. The molecule has 0 aliphatic rings. The molecular weight excluding hydrogens is 368 g/mol. The minimum Gasteiger partial charge on any atom is -0.480 e. The smallest absolute Gasteiger partial charge is 0.326 e. The Morgan fingerprint density at radius 3 is 2.11 bits per heavy atom. The Morgan fingerprint density at radius 1 is 1.11 bits per heavy atom. The van der Waals surface area contributed by atoms with Gasteiger partial charge in [0.15, 0.2) is 0 Å².